The molecule has 0 N–H and O–H groups in total. The van der Waals surface area contributed by atoms with Crippen molar-refractivity contribution in [3.05, 3.63) is 234 Å². The van der Waals surface area contributed by atoms with E-state index in [0.717, 1.165) is 43.8 Å². The largest absolute Gasteiger partial charge is 2.00 e. The third kappa shape index (κ3) is 9.99. The molecule has 0 unspecified atom stereocenters. The summed E-state index contributed by atoms with van der Waals surface area (Å²) in [5.41, 5.74) is 5.84. The van der Waals surface area contributed by atoms with E-state index < -0.39 is 22.5 Å². The van der Waals surface area contributed by atoms with Gasteiger partial charge in [0.25, 0.3) is 0 Å². The minimum absolute atomic E-state index is 0. The molecule has 21 heteroatoms. The molecular formula is C72H40N8O12Zn. The molecule has 17 rings (SSSR count). The quantitative estimate of drug-likeness (QED) is 0.101. The fourth-order valence-corrected chi connectivity index (χ4v) is 11.9. The van der Waals surface area contributed by atoms with Crippen LogP contribution in [-0.2, 0) is 19.5 Å². The summed E-state index contributed by atoms with van der Waals surface area (Å²) in [6.45, 7) is 7.37. The van der Waals surface area contributed by atoms with Crippen LogP contribution in [0.1, 0.15) is 22.3 Å². The first-order valence-corrected chi connectivity index (χ1v) is 28.9. The number of hydrogen-bond donors (Lipinski definition) is 0. The summed E-state index contributed by atoms with van der Waals surface area (Å²) < 4.78 is 48.2. The van der Waals surface area contributed by atoms with Gasteiger partial charge in [0.15, 0.2) is 0 Å². The van der Waals surface area contributed by atoms with Gasteiger partial charge < -0.3 is 66.5 Å². The normalized spacial score (nSPS) is 11.7. The number of nitrogens with zero attached hydrogens (tertiary/aromatic N) is 8. The number of fused-ring (bicyclic) bond motifs is 24. The van der Waals surface area contributed by atoms with Gasteiger partial charge in [0.05, 0.1) is 23.3 Å². The molecule has 0 aliphatic carbocycles. The number of aromatic nitrogens is 8. The maximum atomic E-state index is 12.4. The second kappa shape index (κ2) is 21.5. The van der Waals surface area contributed by atoms with E-state index in [-0.39, 0.29) is 65.4 Å². The maximum absolute atomic E-state index is 12.4. The van der Waals surface area contributed by atoms with Gasteiger partial charge in [0.2, 0.25) is 0 Å². The van der Waals surface area contributed by atoms with Crippen LogP contribution in [0.2, 0.25) is 0 Å². The Morgan fingerprint density at radius 2 is 0.516 bits per heavy atom. The number of rotatable bonds is 8. The Balaban J connectivity index is 0.00000686. The van der Waals surface area contributed by atoms with Crippen molar-refractivity contribution in [2.75, 3.05) is 0 Å². The van der Waals surface area contributed by atoms with Gasteiger partial charge in [-0.15, -0.1) is 0 Å². The fourth-order valence-electron chi connectivity index (χ4n) is 11.9. The molecule has 0 saturated heterocycles. The molecular weight excluding hydrogens is 1230 g/mol. The van der Waals surface area contributed by atoms with Crippen molar-refractivity contribution >= 4 is 88.0 Å². The zero-order chi connectivity index (χ0) is 62.2. The molecule has 0 amide bonds. The Kier molecular flexibility index (Phi) is 13.0. The average Bonchev–Trinajstić information content (AvgIpc) is 1.63. The van der Waals surface area contributed by atoms with Crippen LogP contribution in [0.3, 0.4) is 0 Å². The van der Waals surface area contributed by atoms with Crippen molar-refractivity contribution in [3.63, 3.8) is 0 Å². The van der Waals surface area contributed by atoms with E-state index in [9.17, 15) is 19.2 Å². The predicted octanol–water partition coefficient (Wildman–Crippen LogP) is 15.0. The van der Waals surface area contributed by atoms with Crippen molar-refractivity contribution in [2.24, 2.45) is 0 Å². The van der Waals surface area contributed by atoms with E-state index in [2.05, 4.69) is 0 Å². The van der Waals surface area contributed by atoms with Crippen molar-refractivity contribution in [1.29, 1.82) is 0 Å². The zero-order valence-corrected chi connectivity index (χ0v) is 52.3. The second-order valence-corrected chi connectivity index (χ2v) is 22.3. The van der Waals surface area contributed by atoms with Gasteiger partial charge in [0, 0.05) is 115 Å². The molecule has 2 aliphatic rings. The van der Waals surface area contributed by atoms with Crippen LogP contribution < -0.4 is 51.4 Å². The van der Waals surface area contributed by atoms with Gasteiger partial charge in [-0.25, -0.2) is 29.1 Å². The molecule has 0 radical (unpaired) electrons. The second-order valence-electron chi connectivity index (χ2n) is 22.3. The van der Waals surface area contributed by atoms with Gasteiger partial charge in [-0.1, -0.05) is 0 Å². The standard InChI is InChI=1S/C72H40N8O12.Zn/c1-33-21-61(81)89-57-29-41(5-13-45(33)57)85-37-9-17-49-53(25-37)69-75-65(49)73-66-51-19-11-39(87-43-7-15-47-35(3)23-63(83)91-59(47)31-43)27-55(51)71(77-66)80-72-56-28-40(88-44-8-16-48-36(4)24-64(84)92-60(48)32-44)12-20-52(56)68(78-72)74-67-50-18-10-38(26-54(50)70(76-67)79-69)86-42-6-14-46-34(2)22-62(82)90-58(46)30-42;/h5-32H,1-4H3;/q-2;+2. The molecule has 0 fully saturated rings. The molecule has 93 heavy (non-hydrogen) atoms. The van der Waals surface area contributed by atoms with E-state index in [0.29, 0.717) is 112 Å². The van der Waals surface area contributed by atoms with E-state index in [1.165, 1.54) is 24.3 Å². The molecule has 7 aromatic heterocycles. The number of benzene rings is 8. The van der Waals surface area contributed by atoms with Crippen molar-refractivity contribution < 1.29 is 56.1 Å². The van der Waals surface area contributed by atoms with E-state index in [1.54, 1.807) is 97.1 Å². The third-order valence-corrected chi connectivity index (χ3v) is 16.2. The molecule has 0 spiro atoms. The summed E-state index contributed by atoms with van der Waals surface area (Å²) in [6, 6.07) is 48.6. The molecule has 2 aliphatic heterocycles. The Morgan fingerprint density at radius 1 is 0.269 bits per heavy atom. The van der Waals surface area contributed by atoms with Crippen molar-refractivity contribution in [2.45, 2.75) is 27.7 Å². The van der Waals surface area contributed by atoms with E-state index >= 15 is 0 Å². The van der Waals surface area contributed by atoms with Gasteiger partial charge >= 0.3 is 42.0 Å². The summed E-state index contributed by atoms with van der Waals surface area (Å²) in [5.74, 6) is 4.26. The van der Waals surface area contributed by atoms with Crippen molar-refractivity contribution in [1.82, 2.24) is 39.9 Å². The maximum Gasteiger partial charge on any atom is 2.00 e. The van der Waals surface area contributed by atoms with Crippen LogP contribution in [0.5, 0.6) is 46.0 Å². The molecule has 20 nitrogen and oxygen atoms in total. The number of ether oxygens (including phenoxy) is 4. The summed E-state index contributed by atoms with van der Waals surface area (Å²) in [6.07, 6.45) is 0. The summed E-state index contributed by atoms with van der Waals surface area (Å²) in [7, 11) is 0. The Labute approximate surface area is 534 Å². The Bertz CT molecular complexity index is 5850. The number of aryl methyl sites for hydroxylation is 4. The number of hydrogen-bond acceptors (Lipinski definition) is 18. The Hall–Kier alpha value is -12.2. The van der Waals surface area contributed by atoms with Crippen LogP contribution in [-0.4, -0.2) is 29.9 Å². The molecule has 0 atom stereocenters. The van der Waals surface area contributed by atoms with Crippen molar-refractivity contribution in [3.8, 4) is 91.5 Å². The van der Waals surface area contributed by atoms with E-state index in [4.69, 9.17) is 76.5 Å². The summed E-state index contributed by atoms with van der Waals surface area (Å²) in [5, 5.41) is 5.31. The fraction of sp³-hybridized carbons (Fsp3) is 0.0556. The van der Waals surface area contributed by atoms with Gasteiger partial charge in [-0.2, -0.15) is 0 Å². The molecule has 8 bridgehead atoms. The topological polar surface area (TPSA) is 263 Å². The summed E-state index contributed by atoms with van der Waals surface area (Å²) >= 11 is 0. The SMILES string of the molecule is Cc1cc(=O)oc2cc(Oc3ccc4c(c3)-c3nc-4nc4[n-]c(nc5nc(nc6[n-]c(n3)c3cc(Oc7ccc8c(C)cc(=O)oc8c7)ccc63)-c3ccc(Oc6ccc7c(C)cc(=O)oc7c6)cc3-5)c3cc(Oc5ccc6c(C)cc(=O)oc6c5)ccc43)ccc12.[Zn+2]. The van der Waals surface area contributed by atoms with Gasteiger partial charge in [0.1, 0.15) is 68.3 Å². The van der Waals surface area contributed by atoms with Crippen LogP contribution in [0.25, 0.3) is 134 Å². The predicted molar refractivity (Wildman–Crippen MR) is 343 cm³/mol. The van der Waals surface area contributed by atoms with E-state index in [1.807, 2.05) is 76.2 Å². The average molecular weight is 1270 g/mol. The first-order valence-electron chi connectivity index (χ1n) is 28.9. The van der Waals surface area contributed by atoms with Gasteiger partial charge in [-0.3, -0.25) is 0 Å². The van der Waals surface area contributed by atoms with Crippen LogP contribution in [0, 0.1) is 27.7 Å². The van der Waals surface area contributed by atoms with Crippen LogP contribution in [0.15, 0.2) is 207 Å². The smallest absolute Gasteiger partial charge is 0.457 e. The minimum atomic E-state index is -0.478. The molecule has 0 saturated carbocycles. The first kappa shape index (κ1) is 56.0. The summed E-state index contributed by atoms with van der Waals surface area (Å²) in [4.78, 5) is 91.1. The molecule has 15 aromatic rings. The zero-order valence-electron chi connectivity index (χ0n) is 49.3. The molecule has 442 valence electrons. The van der Waals surface area contributed by atoms with Crippen LogP contribution in [0.4, 0.5) is 0 Å². The van der Waals surface area contributed by atoms with Gasteiger partial charge in [-0.05, 0) is 193 Å². The molecule has 9 heterocycles. The monoisotopic (exact) mass is 1270 g/mol. The van der Waals surface area contributed by atoms with Crippen LogP contribution >= 0.6 is 0 Å². The first-order chi connectivity index (χ1) is 44.7. The molecule has 8 aromatic carbocycles. The minimum Gasteiger partial charge on any atom is -0.457 e. The Morgan fingerprint density at radius 3 is 0.828 bits per heavy atom. The third-order valence-electron chi connectivity index (χ3n) is 16.2.